The molecule has 0 spiro atoms. The number of H-pyrrole nitrogens is 1. The van der Waals surface area contributed by atoms with Crippen LogP contribution in [0.5, 0.6) is 0 Å². The van der Waals surface area contributed by atoms with E-state index in [2.05, 4.69) is 20.9 Å². The highest BCUT2D eigenvalue weighted by molar-refractivity contribution is 9.10. The summed E-state index contributed by atoms with van der Waals surface area (Å²) in [6.45, 7) is 0.557. The highest BCUT2D eigenvalue weighted by Crippen LogP contribution is 2.28. The van der Waals surface area contributed by atoms with Crippen molar-refractivity contribution in [1.82, 2.24) is 10.0 Å². The number of nitrogens with one attached hydrogen (secondary N) is 1. The van der Waals surface area contributed by atoms with Gasteiger partial charge >= 0.3 is 5.97 Å². The second-order valence-corrected chi connectivity index (χ2v) is 7.22. The molecule has 1 saturated heterocycles. The minimum Gasteiger partial charge on any atom is -0.363 e. The van der Waals surface area contributed by atoms with Gasteiger partial charge in [-0.25, -0.2) is 4.79 Å². The van der Waals surface area contributed by atoms with Crippen molar-refractivity contribution in [1.29, 1.82) is 0 Å². The summed E-state index contributed by atoms with van der Waals surface area (Å²) in [5.41, 5.74) is 2.00. The molecule has 1 atom stereocenters. The van der Waals surface area contributed by atoms with E-state index in [1.807, 2.05) is 24.3 Å². The fraction of sp³-hybridized carbons (Fsp3) is 0.200. The van der Waals surface area contributed by atoms with Crippen LogP contribution in [0, 0.1) is 0 Å². The number of carbonyl (C=O) groups is 2. The lowest BCUT2D eigenvalue weighted by molar-refractivity contribution is -0.109. The molecule has 1 aliphatic heterocycles. The fourth-order valence-corrected chi connectivity index (χ4v) is 3.68. The molecule has 2 aromatic carbocycles. The minimum absolute atomic E-state index is 0.0345. The molecular formula is C20H17BrN2O3. The number of rotatable bonds is 4. The summed E-state index contributed by atoms with van der Waals surface area (Å²) in [4.78, 5) is 34.1. The van der Waals surface area contributed by atoms with Crippen LogP contribution in [0.4, 0.5) is 0 Å². The van der Waals surface area contributed by atoms with Gasteiger partial charge in [-0.3, -0.25) is 4.79 Å². The quantitative estimate of drug-likeness (QED) is 0.646. The highest BCUT2D eigenvalue weighted by Gasteiger charge is 2.35. The number of fused-ring (bicyclic) bond motifs is 1. The van der Waals surface area contributed by atoms with Gasteiger partial charge in [-0.2, -0.15) is 0 Å². The molecule has 1 fully saturated rings. The molecule has 1 aromatic heterocycles. The third kappa shape index (κ3) is 3.18. The van der Waals surface area contributed by atoms with Crippen LogP contribution in [0.2, 0.25) is 0 Å². The Hall–Kier alpha value is -2.44. The Balaban J connectivity index is 1.57. The van der Waals surface area contributed by atoms with E-state index in [-0.39, 0.29) is 5.78 Å². The van der Waals surface area contributed by atoms with Crippen molar-refractivity contribution in [3.63, 3.8) is 0 Å². The number of hydrogen-bond donors (Lipinski definition) is 1. The predicted molar refractivity (Wildman–Crippen MR) is 102 cm³/mol. The van der Waals surface area contributed by atoms with E-state index in [0.29, 0.717) is 24.1 Å². The first kappa shape index (κ1) is 17.0. The zero-order valence-corrected chi connectivity index (χ0v) is 15.5. The van der Waals surface area contributed by atoms with Gasteiger partial charge in [0.05, 0.1) is 5.56 Å². The molecule has 0 amide bonds. The maximum absolute atomic E-state index is 13.1. The number of carbonyl (C=O) groups excluding carboxylic acids is 2. The second-order valence-electron chi connectivity index (χ2n) is 6.30. The first-order chi connectivity index (χ1) is 12.6. The summed E-state index contributed by atoms with van der Waals surface area (Å²) in [6, 6.07) is 14.1. The van der Waals surface area contributed by atoms with Crippen LogP contribution >= 0.6 is 15.9 Å². The zero-order chi connectivity index (χ0) is 18.1. The van der Waals surface area contributed by atoms with Crippen molar-refractivity contribution in [2.45, 2.75) is 18.9 Å². The van der Waals surface area contributed by atoms with Gasteiger partial charge < -0.3 is 9.82 Å². The van der Waals surface area contributed by atoms with E-state index < -0.39 is 12.0 Å². The van der Waals surface area contributed by atoms with Crippen molar-refractivity contribution in [2.75, 3.05) is 6.54 Å². The lowest BCUT2D eigenvalue weighted by Crippen LogP contribution is -2.37. The highest BCUT2D eigenvalue weighted by atomic mass is 79.9. The Labute approximate surface area is 159 Å². The number of aromatic nitrogens is 1. The normalized spacial score (nSPS) is 17.5. The lowest BCUT2D eigenvalue weighted by Gasteiger charge is -2.22. The van der Waals surface area contributed by atoms with Gasteiger partial charge in [0.15, 0.2) is 5.78 Å². The third-order valence-corrected chi connectivity index (χ3v) is 5.12. The smallest absolute Gasteiger partial charge is 0.357 e. The van der Waals surface area contributed by atoms with Crippen LogP contribution in [-0.4, -0.2) is 34.4 Å². The standard InChI is InChI=1S/C20H17BrN2O3/c21-14-8-9-17-15(11-14)16(12-22-17)19(24)18-7-4-10-23(18)26-20(25)13-5-2-1-3-6-13/h1-3,5-6,8-9,11-12,18,22H,4,7,10H2/t18-/m1/s1. The van der Waals surface area contributed by atoms with Crippen LogP contribution in [0.15, 0.2) is 59.2 Å². The molecule has 2 heterocycles. The maximum atomic E-state index is 13.1. The number of hydrogen-bond acceptors (Lipinski definition) is 4. The van der Waals surface area contributed by atoms with Gasteiger partial charge in [-0.15, -0.1) is 5.06 Å². The van der Waals surface area contributed by atoms with Gasteiger partial charge in [-0.1, -0.05) is 34.1 Å². The molecule has 26 heavy (non-hydrogen) atoms. The molecule has 1 aliphatic rings. The molecule has 4 rings (SSSR count). The Bertz CT molecular complexity index is 968. The fourth-order valence-electron chi connectivity index (χ4n) is 3.32. The van der Waals surface area contributed by atoms with Crippen molar-refractivity contribution in [2.24, 2.45) is 0 Å². The molecule has 0 aliphatic carbocycles. The van der Waals surface area contributed by atoms with Gasteiger partial charge in [-0.05, 0) is 43.2 Å². The van der Waals surface area contributed by atoms with Crippen LogP contribution < -0.4 is 0 Å². The number of hydroxylamine groups is 2. The second kappa shape index (κ2) is 7.05. The largest absolute Gasteiger partial charge is 0.363 e. The molecule has 3 aromatic rings. The van der Waals surface area contributed by atoms with E-state index in [1.165, 1.54) is 5.06 Å². The Morgan fingerprint density at radius 2 is 1.96 bits per heavy atom. The summed E-state index contributed by atoms with van der Waals surface area (Å²) in [5, 5.41) is 2.39. The van der Waals surface area contributed by atoms with E-state index in [1.54, 1.807) is 30.5 Å². The van der Waals surface area contributed by atoms with Crippen molar-refractivity contribution < 1.29 is 14.4 Å². The molecular weight excluding hydrogens is 396 g/mol. The molecule has 0 radical (unpaired) electrons. The number of nitrogens with zero attached hydrogens (tertiary/aromatic N) is 1. The van der Waals surface area contributed by atoms with E-state index >= 15 is 0 Å². The third-order valence-electron chi connectivity index (χ3n) is 4.63. The first-order valence-corrected chi connectivity index (χ1v) is 9.27. The SMILES string of the molecule is O=C(ON1CCC[C@@H]1C(=O)c1c[nH]c2ccc(Br)cc12)c1ccccc1. The van der Waals surface area contributed by atoms with Crippen LogP contribution in [0.3, 0.4) is 0 Å². The maximum Gasteiger partial charge on any atom is 0.357 e. The van der Waals surface area contributed by atoms with E-state index in [4.69, 9.17) is 4.84 Å². The number of Topliss-reactive ketones (excluding diaryl/α,β-unsaturated/α-hetero) is 1. The predicted octanol–water partition coefficient (Wildman–Crippen LogP) is 4.35. The number of aromatic amines is 1. The molecule has 5 nitrogen and oxygen atoms in total. The molecule has 0 unspecified atom stereocenters. The van der Waals surface area contributed by atoms with Crippen molar-refractivity contribution in [3.05, 3.63) is 70.3 Å². The average Bonchev–Trinajstić information content (AvgIpc) is 3.28. The number of ketones is 1. The van der Waals surface area contributed by atoms with Gasteiger partial charge in [0.2, 0.25) is 0 Å². The van der Waals surface area contributed by atoms with Gasteiger partial charge in [0, 0.05) is 33.7 Å². The number of benzene rings is 2. The van der Waals surface area contributed by atoms with Crippen LogP contribution in [0.1, 0.15) is 33.6 Å². The summed E-state index contributed by atoms with van der Waals surface area (Å²) < 4.78 is 0.914. The lowest BCUT2D eigenvalue weighted by atomic mass is 10.0. The minimum atomic E-state index is -0.458. The topological polar surface area (TPSA) is 62.4 Å². The van der Waals surface area contributed by atoms with Crippen molar-refractivity contribution >= 4 is 38.6 Å². The van der Waals surface area contributed by atoms with Gasteiger partial charge in [0.1, 0.15) is 6.04 Å². The molecule has 6 heteroatoms. The first-order valence-electron chi connectivity index (χ1n) is 8.48. The summed E-state index contributed by atoms with van der Waals surface area (Å²) >= 11 is 3.45. The summed E-state index contributed by atoms with van der Waals surface area (Å²) in [6.07, 6.45) is 3.21. The molecule has 0 saturated carbocycles. The molecule has 0 bridgehead atoms. The Morgan fingerprint density at radius 1 is 1.15 bits per heavy atom. The Kier molecular flexibility index (Phi) is 4.61. The monoisotopic (exact) mass is 412 g/mol. The summed E-state index contributed by atoms with van der Waals surface area (Å²) in [5.74, 6) is -0.473. The average molecular weight is 413 g/mol. The van der Waals surface area contributed by atoms with Gasteiger partial charge in [0.25, 0.3) is 0 Å². The van der Waals surface area contributed by atoms with Crippen LogP contribution in [0.25, 0.3) is 10.9 Å². The number of halogens is 1. The van der Waals surface area contributed by atoms with E-state index in [0.717, 1.165) is 21.8 Å². The van der Waals surface area contributed by atoms with E-state index in [9.17, 15) is 9.59 Å². The molecule has 1 N–H and O–H groups in total. The van der Waals surface area contributed by atoms with Crippen molar-refractivity contribution in [3.8, 4) is 0 Å². The summed E-state index contributed by atoms with van der Waals surface area (Å²) in [7, 11) is 0. The zero-order valence-electron chi connectivity index (χ0n) is 13.9. The van der Waals surface area contributed by atoms with Crippen LogP contribution in [-0.2, 0) is 4.84 Å². The Morgan fingerprint density at radius 3 is 2.77 bits per heavy atom. The molecule has 132 valence electrons.